The van der Waals surface area contributed by atoms with Crippen LogP contribution < -0.4 is 0 Å². The number of fused-ring (bicyclic) bond motifs is 1. The number of nitrogens with zero attached hydrogens (tertiary/aromatic N) is 2. The number of hydrogen-bond acceptors (Lipinski definition) is 3. The van der Waals surface area contributed by atoms with Gasteiger partial charge in [0.2, 0.25) is 0 Å². The van der Waals surface area contributed by atoms with Gasteiger partial charge in [-0.15, -0.1) is 0 Å². The summed E-state index contributed by atoms with van der Waals surface area (Å²) in [6.07, 6.45) is 7.09. The Bertz CT molecular complexity index is 750. The molecule has 3 atom stereocenters. The SMILES string of the molecule is O=C(c1ccc(F)cc1)N1C[C@H]2CCC[C@H](OCc3cccnc3)[C@H]2C1. The van der Waals surface area contributed by atoms with Crippen molar-refractivity contribution in [3.8, 4) is 0 Å². The van der Waals surface area contributed by atoms with E-state index in [4.69, 9.17) is 4.74 Å². The molecule has 1 saturated carbocycles. The fourth-order valence-electron chi connectivity index (χ4n) is 4.25. The van der Waals surface area contributed by atoms with Crippen LogP contribution in [-0.4, -0.2) is 35.0 Å². The van der Waals surface area contributed by atoms with Crippen LogP contribution in [0.2, 0.25) is 0 Å². The average Bonchev–Trinajstić information content (AvgIpc) is 3.12. The molecule has 1 amide bonds. The molecule has 1 aliphatic carbocycles. The number of hydrogen-bond donors (Lipinski definition) is 0. The summed E-state index contributed by atoms with van der Waals surface area (Å²) >= 11 is 0. The second-order valence-corrected chi connectivity index (χ2v) is 7.28. The van der Waals surface area contributed by atoms with E-state index < -0.39 is 0 Å². The lowest BCUT2D eigenvalue weighted by molar-refractivity contribution is -0.0293. The highest BCUT2D eigenvalue weighted by Crippen LogP contribution is 2.38. The molecule has 2 heterocycles. The molecule has 0 radical (unpaired) electrons. The normalized spacial score (nSPS) is 25.1. The van der Waals surface area contributed by atoms with Gasteiger partial charge in [-0.2, -0.15) is 0 Å². The first-order valence-corrected chi connectivity index (χ1v) is 9.26. The van der Waals surface area contributed by atoms with Crippen LogP contribution in [-0.2, 0) is 11.3 Å². The molecule has 0 spiro atoms. The smallest absolute Gasteiger partial charge is 0.253 e. The first kappa shape index (κ1) is 17.2. The van der Waals surface area contributed by atoms with Crippen molar-refractivity contribution in [1.29, 1.82) is 0 Å². The number of aromatic nitrogens is 1. The second-order valence-electron chi connectivity index (χ2n) is 7.28. The van der Waals surface area contributed by atoms with E-state index in [0.29, 0.717) is 24.0 Å². The molecule has 2 fully saturated rings. The molecule has 1 aromatic carbocycles. The standard InChI is InChI=1S/C21H23FN2O2/c22-18-8-6-16(7-9-18)21(25)24-12-17-4-1-5-20(19(17)13-24)26-14-15-3-2-10-23-11-15/h2-3,6-11,17,19-20H,1,4-5,12-14H2/t17-,19+,20+/m1/s1. The number of pyridine rings is 1. The van der Waals surface area contributed by atoms with E-state index in [2.05, 4.69) is 4.98 Å². The molecule has 5 heteroatoms. The summed E-state index contributed by atoms with van der Waals surface area (Å²) < 4.78 is 19.3. The van der Waals surface area contributed by atoms with E-state index in [1.807, 2.05) is 23.2 Å². The van der Waals surface area contributed by atoms with E-state index >= 15 is 0 Å². The van der Waals surface area contributed by atoms with Gasteiger partial charge in [-0.3, -0.25) is 9.78 Å². The largest absolute Gasteiger partial charge is 0.373 e. The summed E-state index contributed by atoms with van der Waals surface area (Å²) in [5, 5.41) is 0. The first-order chi connectivity index (χ1) is 12.7. The molecular formula is C21H23FN2O2. The summed E-state index contributed by atoms with van der Waals surface area (Å²) in [6.45, 7) is 2.06. The van der Waals surface area contributed by atoms with Gasteiger partial charge in [0.25, 0.3) is 5.91 Å². The maximum Gasteiger partial charge on any atom is 0.253 e. The molecular weight excluding hydrogens is 331 g/mol. The van der Waals surface area contributed by atoms with Crippen LogP contribution in [0.5, 0.6) is 0 Å². The number of halogens is 1. The molecule has 0 unspecified atom stereocenters. The molecule has 26 heavy (non-hydrogen) atoms. The number of likely N-dealkylation sites (tertiary alicyclic amines) is 1. The lowest BCUT2D eigenvalue weighted by Crippen LogP contribution is -2.34. The second kappa shape index (κ2) is 7.54. The lowest BCUT2D eigenvalue weighted by Gasteiger charge is -2.32. The lowest BCUT2D eigenvalue weighted by atomic mass is 9.79. The van der Waals surface area contributed by atoms with Crippen molar-refractivity contribution in [2.24, 2.45) is 11.8 Å². The summed E-state index contributed by atoms with van der Waals surface area (Å²) in [6, 6.07) is 9.76. The van der Waals surface area contributed by atoms with Crippen molar-refractivity contribution in [1.82, 2.24) is 9.88 Å². The van der Waals surface area contributed by atoms with Crippen LogP contribution >= 0.6 is 0 Å². The molecule has 1 aromatic heterocycles. The number of benzene rings is 1. The minimum atomic E-state index is -0.319. The zero-order valence-electron chi connectivity index (χ0n) is 14.7. The number of rotatable bonds is 4. The number of carbonyl (C=O) groups is 1. The average molecular weight is 354 g/mol. The van der Waals surface area contributed by atoms with Gasteiger partial charge in [0.05, 0.1) is 12.7 Å². The van der Waals surface area contributed by atoms with Crippen LogP contribution in [0.3, 0.4) is 0 Å². The quantitative estimate of drug-likeness (QED) is 0.841. The van der Waals surface area contributed by atoms with Crippen molar-refractivity contribution >= 4 is 5.91 Å². The monoisotopic (exact) mass is 354 g/mol. The summed E-state index contributed by atoms with van der Waals surface area (Å²) in [4.78, 5) is 18.8. The zero-order valence-corrected chi connectivity index (χ0v) is 14.7. The van der Waals surface area contributed by atoms with Gasteiger partial charge in [-0.25, -0.2) is 4.39 Å². The molecule has 2 aromatic rings. The molecule has 2 aliphatic rings. The maximum atomic E-state index is 13.1. The molecule has 1 aliphatic heterocycles. The third kappa shape index (κ3) is 3.63. The fraction of sp³-hybridized carbons (Fsp3) is 0.429. The minimum absolute atomic E-state index is 0.00888. The van der Waals surface area contributed by atoms with Gasteiger partial charge >= 0.3 is 0 Å². The highest BCUT2D eigenvalue weighted by molar-refractivity contribution is 5.94. The number of ether oxygens (including phenoxy) is 1. The van der Waals surface area contributed by atoms with E-state index in [1.54, 1.807) is 18.3 Å². The van der Waals surface area contributed by atoms with Gasteiger partial charge in [0, 0.05) is 37.0 Å². The van der Waals surface area contributed by atoms with Gasteiger partial charge < -0.3 is 9.64 Å². The fourth-order valence-corrected chi connectivity index (χ4v) is 4.25. The van der Waals surface area contributed by atoms with Crippen molar-refractivity contribution in [2.45, 2.75) is 32.0 Å². The highest BCUT2D eigenvalue weighted by atomic mass is 19.1. The molecule has 0 N–H and O–H groups in total. The third-order valence-corrected chi connectivity index (χ3v) is 5.60. The first-order valence-electron chi connectivity index (χ1n) is 9.26. The van der Waals surface area contributed by atoms with E-state index in [9.17, 15) is 9.18 Å². The van der Waals surface area contributed by atoms with Crippen molar-refractivity contribution < 1.29 is 13.9 Å². The van der Waals surface area contributed by atoms with Crippen LogP contribution in [0.1, 0.15) is 35.2 Å². The number of amides is 1. The zero-order chi connectivity index (χ0) is 17.9. The predicted octanol–water partition coefficient (Wildman–Crippen LogP) is 3.68. The van der Waals surface area contributed by atoms with Crippen LogP contribution in [0.4, 0.5) is 4.39 Å². The Morgan fingerprint density at radius 2 is 2.04 bits per heavy atom. The Morgan fingerprint density at radius 3 is 2.81 bits per heavy atom. The van der Waals surface area contributed by atoms with E-state index in [1.165, 1.54) is 12.1 Å². The molecule has 4 rings (SSSR count). The Balaban J connectivity index is 1.40. The van der Waals surface area contributed by atoms with Crippen molar-refractivity contribution in [3.63, 3.8) is 0 Å². The van der Waals surface area contributed by atoms with Gasteiger partial charge in [-0.1, -0.05) is 12.5 Å². The van der Waals surface area contributed by atoms with E-state index in [0.717, 1.165) is 37.9 Å². The highest BCUT2D eigenvalue weighted by Gasteiger charge is 2.42. The van der Waals surface area contributed by atoms with Crippen molar-refractivity contribution in [2.75, 3.05) is 13.1 Å². The summed E-state index contributed by atoms with van der Waals surface area (Å²) in [5.41, 5.74) is 1.63. The van der Waals surface area contributed by atoms with Crippen molar-refractivity contribution in [3.05, 3.63) is 65.7 Å². The van der Waals surface area contributed by atoms with Crippen LogP contribution in [0.15, 0.2) is 48.8 Å². The number of carbonyl (C=O) groups excluding carboxylic acids is 1. The van der Waals surface area contributed by atoms with Gasteiger partial charge in [-0.05, 0) is 54.7 Å². The Morgan fingerprint density at radius 1 is 1.19 bits per heavy atom. The Kier molecular flexibility index (Phi) is 4.98. The van der Waals surface area contributed by atoms with Gasteiger partial charge in [0.1, 0.15) is 5.82 Å². The Hall–Kier alpha value is -2.27. The van der Waals surface area contributed by atoms with Gasteiger partial charge in [0.15, 0.2) is 0 Å². The molecule has 1 saturated heterocycles. The Labute approximate surface area is 153 Å². The topological polar surface area (TPSA) is 42.4 Å². The minimum Gasteiger partial charge on any atom is -0.373 e. The van der Waals surface area contributed by atoms with E-state index in [-0.39, 0.29) is 17.8 Å². The predicted molar refractivity (Wildman–Crippen MR) is 95.9 cm³/mol. The molecule has 0 bridgehead atoms. The molecule has 4 nitrogen and oxygen atoms in total. The van der Waals surface area contributed by atoms with Crippen LogP contribution in [0.25, 0.3) is 0 Å². The maximum absolute atomic E-state index is 13.1. The third-order valence-electron chi connectivity index (χ3n) is 5.60. The molecule has 136 valence electrons. The summed E-state index contributed by atoms with van der Waals surface area (Å²) in [7, 11) is 0. The summed E-state index contributed by atoms with van der Waals surface area (Å²) in [5.74, 6) is 0.544. The van der Waals surface area contributed by atoms with Crippen LogP contribution in [0, 0.1) is 17.7 Å².